The smallest absolute Gasteiger partial charge is 0.224 e. The molecule has 6 nitrogen and oxygen atoms in total. The van der Waals surface area contributed by atoms with Gasteiger partial charge in [0.1, 0.15) is 11.6 Å². The molecule has 3 aromatic carbocycles. The summed E-state index contributed by atoms with van der Waals surface area (Å²) >= 11 is 0. The average molecular weight is 495 g/mol. The molecule has 0 bridgehead atoms. The van der Waals surface area contributed by atoms with Crippen LogP contribution in [0.3, 0.4) is 0 Å². The summed E-state index contributed by atoms with van der Waals surface area (Å²) in [6.07, 6.45) is 1.84. The van der Waals surface area contributed by atoms with Crippen LogP contribution in [0.4, 0.5) is 4.39 Å². The Hall–Kier alpha value is -3.26. The minimum atomic E-state index is -0.767. The van der Waals surface area contributed by atoms with Crippen molar-refractivity contribution >= 4 is 5.91 Å². The van der Waals surface area contributed by atoms with Crippen molar-refractivity contribution in [2.45, 2.75) is 51.4 Å². The number of rotatable bonds is 13. The highest BCUT2D eigenvalue weighted by Crippen LogP contribution is 2.22. The van der Waals surface area contributed by atoms with E-state index in [1.54, 1.807) is 24.3 Å². The van der Waals surface area contributed by atoms with Gasteiger partial charge < -0.3 is 26.0 Å². The number of benzene rings is 3. The SMILES string of the molecule is CC(Cc1cccc(CC(=O)NCCCc2ccc(F)cc2)c1)NC[C@H](O)c1ccc(O)c(CO)c1. The molecule has 0 saturated carbocycles. The van der Waals surface area contributed by atoms with E-state index in [4.69, 9.17) is 0 Å². The van der Waals surface area contributed by atoms with E-state index in [9.17, 15) is 24.5 Å². The van der Waals surface area contributed by atoms with Crippen LogP contribution in [0.1, 0.15) is 47.3 Å². The van der Waals surface area contributed by atoms with Gasteiger partial charge >= 0.3 is 0 Å². The average Bonchev–Trinajstić information content (AvgIpc) is 2.86. The number of carbonyl (C=O) groups excluding carboxylic acids is 1. The van der Waals surface area contributed by atoms with Gasteiger partial charge in [-0.25, -0.2) is 4.39 Å². The number of carbonyl (C=O) groups is 1. The lowest BCUT2D eigenvalue weighted by Gasteiger charge is -2.18. The van der Waals surface area contributed by atoms with Crippen LogP contribution in [0.5, 0.6) is 5.75 Å². The Morgan fingerprint density at radius 3 is 2.50 bits per heavy atom. The molecule has 0 spiro atoms. The number of amides is 1. The molecule has 0 aliphatic rings. The van der Waals surface area contributed by atoms with Gasteiger partial charge in [-0.15, -0.1) is 0 Å². The maximum Gasteiger partial charge on any atom is 0.224 e. The number of aromatic hydroxyl groups is 1. The molecule has 7 heteroatoms. The zero-order chi connectivity index (χ0) is 25.9. The number of aryl methyl sites for hydroxylation is 1. The van der Waals surface area contributed by atoms with Gasteiger partial charge in [0.15, 0.2) is 0 Å². The standard InChI is InChI=1S/C29H35FN2O4/c1-20(32-18-28(35)24-9-12-27(34)25(17-24)19-33)14-22-4-2-5-23(15-22)16-29(36)31-13-3-6-21-7-10-26(30)11-8-21/h2,4-5,7-12,15,17,20,28,32-35H,3,6,13-14,16,18-19H2,1H3,(H,31,36)/t20?,28-/m0/s1. The molecule has 3 rings (SSSR count). The molecule has 0 aliphatic heterocycles. The van der Waals surface area contributed by atoms with E-state index in [1.165, 1.54) is 18.2 Å². The first-order chi connectivity index (χ1) is 17.3. The van der Waals surface area contributed by atoms with Crippen molar-refractivity contribution in [1.29, 1.82) is 0 Å². The van der Waals surface area contributed by atoms with Crippen molar-refractivity contribution in [2.24, 2.45) is 0 Å². The number of aliphatic hydroxyl groups is 2. The fourth-order valence-electron chi connectivity index (χ4n) is 4.08. The van der Waals surface area contributed by atoms with Crippen LogP contribution in [0.2, 0.25) is 0 Å². The third-order valence-electron chi connectivity index (χ3n) is 6.09. The topological polar surface area (TPSA) is 102 Å². The van der Waals surface area contributed by atoms with Crippen molar-refractivity contribution in [3.63, 3.8) is 0 Å². The summed E-state index contributed by atoms with van der Waals surface area (Å²) < 4.78 is 13.0. The Morgan fingerprint density at radius 2 is 1.75 bits per heavy atom. The number of hydrogen-bond acceptors (Lipinski definition) is 5. The fourth-order valence-corrected chi connectivity index (χ4v) is 4.08. The molecule has 1 unspecified atom stereocenters. The molecule has 36 heavy (non-hydrogen) atoms. The molecule has 0 fully saturated rings. The Bertz CT molecular complexity index is 1120. The normalized spacial score (nSPS) is 12.8. The highest BCUT2D eigenvalue weighted by Gasteiger charge is 2.13. The van der Waals surface area contributed by atoms with Crippen molar-refractivity contribution in [3.05, 3.63) is 100 Å². The lowest BCUT2D eigenvalue weighted by atomic mass is 10.0. The van der Waals surface area contributed by atoms with Crippen LogP contribution >= 0.6 is 0 Å². The van der Waals surface area contributed by atoms with E-state index < -0.39 is 6.10 Å². The van der Waals surface area contributed by atoms with Gasteiger partial charge in [-0.2, -0.15) is 0 Å². The molecule has 1 amide bonds. The number of nitrogens with one attached hydrogen (secondary N) is 2. The lowest BCUT2D eigenvalue weighted by Crippen LogP contribution is -2.32. The van der Waals surface area contributed by atoms with E-state index in [2.05, 4.69) is 10.6 Å². The number of phenols is 1. The van der Waals surface area contributed by atoms with Gasteiger partial charge in [-0.1, -0.05) is 42.5 Å². The van der Waals surface area contributed by atoms with Crippen LogP contribution in [0.15, 0.2) is 66.7 Å². The van der Waals surface area contributed by atoms with Crippen molar-refractivity contribution in [1.82, 2.24) is 10.6 Å². The minimum absolute atomic E-state index is 0.00772. The number of aliphatic hydroxyl groups excluding tert-OH is 2. The Kier molecular flexibility index (Phi) is 10.4. The van der Waals surface area contributed by atoms with Crippen LogP contribution in [0.25, 0.3) is 0 Å². The van der Waals surface area contributed by atoms with E-state index in [-0.39, 0.29) is 30.1 Å². The monoisotopic (exact) mass is 494 g/mol. The fraction of sp³-hybridized carbons (Fsp3) is 0.345. The first-order valence-electron chi connectivity index (χ1n) is 12.3. The van der Waals surface area contributed by atoms with Crippen LogP contribution in [-0.2, 0) is 30.7 Å². The van der Waals surface area contributed by atoms with Gasteiger partial charge in [0, 0.05) is 24.7 Å². The summed E-state index contributed by atoms with van der Waals surface area (Å²) in [6, 6.07) is 19.2. The summed E-state index contributed by atoms with van der Waals surface area (Å²) in [5.74, 6) is -0.270. The number of hydrogen-bond donors (Lipinski definition) is 5. The zero-order valence-electron chi connectivity index (χ0n) is 20.6. The van der Waals surface area contributed by atoms with E-state index in [1.807, 2.05) is 31.2 Å². The van der Waals surface area contributed by atoms with Gasteiger partial charge in [-0.05, 0) is 72.7 Å². The maximum absolute atomic E-state index is 13.0. The second kappa shape index (κ2) is 13.7. The second-order valence-corrected chi connectivity index (χ2v) is 9.15. The second-order valence-electron chi connectivity index (χ2n) is 9.15. The van der Waals surface area contributed by atoms with Crippen molar-refractivity contribution in [3.8, 4) is 5.75 Å². The van der Waals surface area contributed by atoms with Crippen LogP contribution < -0.4 is 10.6 Å². The zero-order valence-corrected chi connectivity index (χ0v) is 20.6. The largest absolute Gasteiger partial charge is 0.508 e. The Morgan fingerprint density at radius 1 is 1.00 bits per heavy atom. The first kappa shape index (κ1) is 27.3. The van der Waals surface area contributed by atoms with Gasteiger partial charge in [0.25, 0.3) is 0 Å². The molecule has 0 saturated heterocycles. The molecule has 192 valence electrons. The summed E-state index contributed by atoms with van der Waals surface area (Å²) in [5, 5.41) is 35.7. The maximum atomic E-state index is 13.0. The Balaban J connectivity index is 1.40. The Labute approximate surface area is 211 Å². The first-order valence-corrected chi connectivity index (χ1v) is 12.3. The van der Waals surface area contributed by atoms with Crippen LogP contribution in [0, 0.1) is 5.82 Å². The molecular weight excluding hydrogens is 459 g/mol. The summed E-state index contributed by atoms with van der Waals surface area (Å²) in [7, 11) is 0. The summed E-state index contributed by atoms with van der Waals surface area (Å²) in [5.41, 5.74) is 4.09. The minimum Gasteiger partial charge on any atom is -0.508 e. The van der Waals surface area contributed by atoms with Crippen molar-refractivity contribution in [2.75, 3.05) is 13.1 Å². The van der Waals surface area contributed by atoms with E-state index in [0.29, 0.717) is 30.6 Å². The van der Waals surface area contributed by atoms with Gasteiger partial charge in [0.05, 0.1) is 19.1 Å². The van der Waals surface area contributed by atoms with Crippen LogP contribution in [-0.4, -0.2) is 40.4 Å². The molecule has 2 atom stereocenters. The highest BCUT2D eigenvalue weighted by atomic mass is 19.1. The van der Waals surface area contributed by atoms with Gasteiger partial charge in [-0.3, -0.25) is 4.79 Å². The summed E-state index contributed by atoms with van der Waals surface area (Å²) in [6.45, 7) is 2.64. The molecule has 5 N–H and O–H groups in total. The third kappa shape index (κ3) is 8.75. The predicted octanol–water partition coefficient (Wildman–Crippen LogP) is 3.57. The third-order valence-corrected chi connectivity index (χ3v) is 6.09. The molecule has 0 heterocycles. The quantitative estimate of drug-likeness (QED) is 0.234. The molecular formula is C29H35FN2O4. The summed E-state index contributed by atoms with van der Waals surface area (Å²) in [4.78, 5) is 12.3. The highest BCUT2D eigenvalue weighted by molar-refractivity contribution is 5.78. The van der Waals surface area contributed by atoms with Crippen molar-refractivity contribution < 1.29 is 24.5 Å². The molecule has 0 aliphatic carbocycles. The van der Waals surface area contributed by atoms with E-state index >= 15 is 0 Å². The molecule has 3 aromatic rings. The molecule has 0 aromatic heterocycles. The van der Waals surface area contributed by atoms with Gasteiger partial charge in [0.2, 0.25) is 5.91 Å². The predicted molar refractivity (Wildman–Crippen MR) is 138 cm³/mol. The molecule has 0 radical (unpaired) electrons. The number of halogens is 1. The van der Waals surface area contributed by atoms with E-state index in [0.717, 1.165) is 36.0 Å². The lowest BCUT2D eigenvalue weighted by molar-refractivity contribution is -0.120.